The second kappa shape index (κ2) is 9.47. The maximum Gasteiger partial charge on any atom is 0.227 e. The Morgan fingerprint density at radius 1 is 1.48 bits per heavy atom. The monoisotopic (exact) mass is 364 g/mol. The van der Waals surface area contributed by atoms with Crippen molar-refractivity contribution in [3.8, 4) is 0 Å². The molecule has 2 aliphatic rings. The van der Waals surface area contributed by atoms with E-state index >= 15 is 0 Å². The van der Waals surface area contributed by atoms with Crippen molar-refractivity contribution in [2.24, 2.45) is 5.92 Å². The third kappa shape index (κ3) is 5.35. The molecule has 3 heterocycles. The Kier molecular flexibility index (Phi) is 8.33. The number of piperidine rings is 1. The molecule has 0 aromatic carbocycles. The number of carbonyl (C=O) groups is 1. The maximum absolute atomic E-state index is 12.6. The van der Waals surface area contributed by atoms with Crippen LogP contribution in [0.3, 0.4) is 0 Å². The lowest BCUT2D eigenvalue weighted by molar-refractivity contribution is -0.144. The number of hydrogen-bond donors (Lipinski definition) is 1. The molecule has 1 amide bonds. The summed E-state index contributed by atoms with van der Waals surface area (Å²) in [5.41, 5.74) is 1.15. The Morgan fingerprint density at radius 3 is 2.96 bits per heavy atom. The van der Waals surface area contributed by atoms with Crippen LogP contribution in [0.2, 0.25) is 0 Å². The van der Waals surface area contributed by atoms with Gasteiger partial charge in [-0.15, -0.1) is 24.8 Å². The van der Waals surface area contributed by atoms with Gasteiger partial charge >= 0.3 is 0 Å². The minimum atomic E-state index is 0. The molecule has 23 heavy (non-hydrogen) atoms. The highest BCUT2D eigenvalue weighted by molar-refractivity contribution is 5.85. The Hall–Kier alpha value is -0.820. The van der Waals surface area contributed by atoms with E-state index in [0.717, 1.165) is 31.5 Å². The van der Waals surface area contributed by atoms with Crippen molar-refractivity contribution in [2.45, 2.75) is 32.4 Å². The van der Waals surface area contributed by atoms with Crippen LogP contribution in [0.15, 0.2) is 12.4 Å². The van der Waals surface area contributed by atoms with Gasteiger partial charge in [-0.25, -0.2) is 0 Å². The fourth-order valence-corrected chi connectivity index (χ4v) is 3.13. The molecule has 0 radical (unpaired) electrons. The number of aromatic nitrogens is 2. The van der Waals surface area contributed by atoms with E-state index in [9.17, 15) is 4.79 Å². The molecular weight excluding hydrogens is 339 g/mol. The zero-order chi connectivity index (χ0) is 14.7. The summed E-state index contributed by atoms with van der Waals surface area (Å²) >= 11 is 0. The number of nitrogens with one attached hydrogen (secondary N) is 1. The lowest BCUT2D eigenvalue weighted by Crippen LogP contribution is -2.51. The lowest BCUT2D eigenvalue weighted by atomic mass is 9.98. The van der Waals surface area contributed by atoms with E-state index in [1.165, 1.54) is 0 Å². The molecular formula is C15H26Cl2N4O2. The zero-order valence-electron chi connectivity index (χ0n) is 13.4. The number of aryl methyl sites for hydroxylation is 1. The molecule has 0 saturated carbocycles. The second-order valence-corrected chi connectivity index (χ2v) is 6.06. The predicted octanol–water partition coefficient (Wildman–Crippen LogP) is 1.26. The molecule has 2 fully saturated rings. The van der Waals surface area contributed by atoms with Crippen molar-refractivity contribution in [1.29, 1.82) is 0 Å². The van der Waals surface area contributed by atoms with E-state index < -0.39 is 0 Å². The van der Waals surface area contributed by atoms with Crippen molar-refractivity contribution < 1.29 is 9.53 Å². The summed E-state index contributed by atoms with van der Waals surface area (Å²) in [7, 11) is 0. The summed E-state index contributed by atoms with van der Waals surface area (Å²) in [6.07, 6.45) is 6.00. The third-order valence-electron chi connectivity index (χ3n) is 4.25. The summed E-state index contributed by atoms with van der Waals surface area (Å²) in [5, 5.41) is 7.61. The van der Waals surface area contributed by atoms with Gasteiger partial charge in [0.15, 0.2) is 0 Å². The SMILES string of the molecule is Cc1cnn(CC2CN(C(=O)C3CCCNC3)CCO2)c1.Cl.Cl. The van der Waals surface area contributed by atoms with Crippen LogP contribution in [-0.4, -0.2) is 59.5 Å². The van der Waals surface area contributed by atoms with Crippen molar-refractivity contribution in [3.63, 3.8) is 0 Å². The molecule has 1 N–H and O–H groups in total. The number of amides is 1. The quantitative estimate of drug-likeness (QED) is 0.876. The predicted molar refractivity (Wildman–Crippen MR) is 93.4 cm³/mol. The van der Waals surface area contributed by atoms with E-state index in [1.807, 2.05) is 28.9 Å². The molecule has 132 valence electrons. The van der Waals surface area contributed by atoms with E-state index in [4.69, 9.17) is 4.74 Å². The molecule has 2 atom stereocenters. The first kappa shape index (κ1) is 20.2. The van der Waals surface area contributed by atoms with Crippen molar-refractivity contribution in [3.05, 3.63) is 18.0 Å². The fraction of sp³-hybridized carbons (Fsp3) is 0.733. The summed E-state index contributed by atoms with van der Waals surface area (Å²) in [5.74, 6) is 0.427. The molecule has 2 aliphatic heterocycles. The van der Waals surface area contributed by atoms with Crippen LogP contribution in [-0.2, 0) is 16.1 Å². The van der Waals surface area contributed by atoms with E-state index in [1.54, 1.807) is 0 Å². The first-order valence-corrected chi connectivity index (χ1v) is 7.82. The van der Waals surface area contributed by atoms with Crippen LogP contribution in [0.25, 0.3) is 0 Å². The zero-order valence-corrected chi connectivity index (χ0v) is 15.1. The Morgan fingerprint density at radius 2 is 2.30 bits per heavy atom. The first-order chi connectivity index (χ1) is 10.2. The minimum absolute atomic E-state index is 0. The summed E-state index contributed by atoms with van der Waals surface area (Å²) in [6, 6.07) is 0. The largest absolute Gasteiger partial charge is 0.373 e. The molecule has 1 aromatic rings. The molecule has 2 unspecified atom stereocenters. The van der Waals surface area contributed by atoms with Crippen LogP contribution >= 0.6 is 24.8 Å². The van der Waals surface area contributed by atoms with Gasteiger partial charge in [0.05, 0.1) is 31.4 Å². The van der Waals surface area contributed by atoms with Crippen molar-refractivity contribution >= 4 is 30.7 Å². The average Bonchev–Trinajstić information content (AvgIpc) is 2.93. The smallest absolute Gasteiger partial charge is 0.227 e. The number of rotatable bonds is 3. The average molecular weight is 365 g/mol. The maximum atomic E-state index is 12.6. The van der Waals surface area contributed by atoms with Gasteiger partial charge in [0, 0.05) is 25.8 Å². The highest BCUT2D eigenvalue weighted by Crippen LogP contribution is 2.16. The number of ether oxygens (including phenoxy) is 1. The number of morpholine rings is 1. The molecule has 1 aromatic heterocycles. The van der Waals surface area contributed by atoms with Gasteiger partial charge in [-0.2, -0.15) is 5.10 Å². The molecule has 2 saturated heterocycles. The Labute approximate surface area is 149 Å². The van der Waals surface area contributed by atoms with Gasteiger partial charge in [-0.05, 0) is 31.9 Å². The van der Waals surface area contributed by atoms with Gasteiger partial charge in [0.1, 0.15) is 0 Å². The number of halogens is 2. The number of hydrogen-bond acceptors (Lipinski definition) is 4. The van der Waals surface area contributed by atoms with Crippen molar-refractivity contribution in [1.82, 2.24) is 20.0 Å². The lowest BCUT2D eigenvalue weighted by Gasteiger charge is -2.36. The van der Waals surface area contributed by atoms with Gasteiger partial charge in [0.25, 0.3) is 0 Å². The molecule has 0 spiro atoms. The number of nitrogens with zero attached hydrogens (tertiary/aromatic N) is 3. The van der Waals surface area contributed by atoms with Crippen LogP contribution < -0.4 is 5.32 Å². The van der Waals surface area contributed by atoms with Crippen LogP contribution in [0.1, 0.15) is 18.4 Å². The molecule has 0 bridgehead atoms. The van der Waals surface area contributed by atoms with E-state index in [2.05, 4.69) is 10.4 Å². The Balaban J connectivity index is 0.00000132. The van der Waals surface area contributed by atoms with Crippen molar-refractivity contribution in [2.75, 3.05) is 32.8 Å². The summed E-state index contributed by atoms with van der Waals surface area (Å²) in [4.78, 5) is 14.5. The van der Waals surface area contributed by atoms with Gasteiger partial charge in [-0.1, -0.05) is 0 Å². The van der Waals surface area contributed by atoms with Gasteiger partial charge in [-0.3, -0.25) is 9.48 Å². The minimum Gasteiger partial charge on any atom is -0.373 e. The summed E-state index contributed by atoms with van der Waals surface area (Å²) < 4.78 is 7.69. The Bertz CT molecular complexity index is 492. The van der Waals surface area contributed by atoms with E-state index in [-0.39, 0.29) is 42.7 Å². The topological polar surface area (TPSA) is 59.4 Å². The van der Waals surface area contributed by atoms with Crippen LogP contribution in [0.4, 0.5) is 0 Å². The molecule has 0 aliphatic carbocycles. The molecule has 3 rings (SSSR count). The second-order valence-electron chi connectivity index (χ2n) is 6.06. The van der Waals surface area contributed by atoms with E-state index in [0.29, 0.717) is 26.2 Å². The van der Waals surface area contributed by atoms with Gasteiger partial charge < -0.3 is 15.0 Å². The first-order valence-electron chi connectivity index (χ1n) is 7.82. The summed E-state index contributed by atoms with van der Waals surface area (Å²) in [6.45, 7) is 6.60. The highest BCUT2D eigenvalue weighted by atomic mass is 35.5. The normalized spacial score (nSPS) is 24.5. The highest BCUT2D eigenvalue weighted by Gasteiger charge is 2.30. The third-order valence-corrected chi connectivity index (χ3v) is 4.25. The molecule has 6 nitrogen and oxygen atoms in total. The number of carbonyl (C=O) groups excluding carboxylic acids is 1. The van der Waals surface area contributed by atoms with Crippen LogP contribution in [0, 0.1) is 12.8 Å². The van der Waals surface area contributed by atoms with Gasteiger partial charge in [0.2, 0.25) is 5.91 Å². The molecule has 8 heteroatoms. The standard InChI is InChI=1S/C15H24N4O2.2ClH/c1-12-7-17-19(9-12)11-14-10-18(5-6-21-14)15(20)13-3-2-4-16-8-13;;/h7,9,13-14,16H,2-6,8,10-11H2,1H3;2*1H. The fourth-order valence-electron chi connectivity index (χ4n) is 3.13. The van der Waals surface area contributed by atoms with Crippen LogP contribution in [0.5, 0.6) is 0 Å².